The predicted molar refractivity (Wildman–Crippen MR) is 73.3 cm³/mol. The summed E-state index contributed by atoms with van der Waals surface area (Å²) in [5, 5.41) is 3.55. The number of hydrogen-bond acceptors (Lipinski definition) is 2. The van der Waals surface area contributed by atoms with Gasteiger partial charge >= 0.3 is 0 Å². The SMILES string of the molecule is CC(NCc1ncc(Br)cc1Br)C1CCC1. The molecular weight excluding hydrogens is 332 g/mol. The lowest BCUT2D eigenvalue weighted by Gasteiger charge is -2.32. The molecule has 0 aromatic carbocycles. The van der Waals surface area contributed by atoms with E-state index in [0.717, 1.165) is 27.1 Å². The van der Waals surface area contributed by atoms with Crippen LogP contribution in [0.5, 0.6) is 0 Å². The summed E-state index contributed by atoms with van der Waals surface area (Å²) in [6, 6.07) is 2.64. The molecule has 1 aliphatic carbocycles. The molecule has 0 saturated heterocycles. The average Bonchev–Trinajstić information content (AvgIpc) is 2.13. The van der Waals surface area contributed by atoms with Crippen LogP contribution in [0.25, 0.3) is 0 Å². The third-order valence-corrected chi connectivity index (χ3v) is 4.45. The van der Waals surface area contributed by atoms with Gasteiger partial charge in [0.15, 0.2) is 0 Å². The van der Waals surface area contributed by atoms with Crippen molar-refractivity contribution < 1.29 is 0 Å². The van der Waals surface area contributed by atoms with Gasteiger partial charge in [0, 0.05) is 27.7 Å². The van der Waals surface area contributed by atoms with Gasteiger partial charge in [-0.3, -0.25) is 4.98 Å². The highest BCUT2D eigenvalue weighted by Gasteiger charge is 2.23. The van der Waals surface area contributed by atoms with E-state index in [4.69, 9.17) is 0 Å². The number of nitrogens with one attached hydrogen (secondary N) is 1. The lowest BCUT2D eigenvalue weighted by molar-refractivity contribution is 0.239. The van der Waals surface area contributed by atoms with Crippen LogP contribution in [0.4, 0.5) is 0 Å². The zero-order valence-corrected chi connectivity index (χ0v) is 12.5. The van der Waals surface area contributed by atoms with Crippen molar-refractivity contribution in [2.75, 3.05) is 0 Å². The lowest BCUT2D eigenvalue weighted by atomic mass is 9.80. The van der Waals surface area contributed by atoms with Crippen LogP contribution in [0.2, 0.25) is 0 Å². The molecule has 1 heterocycles. The summed E-state index contributed by atoms with van der Waals surface area (Å²) >= 11 is 6.94. The highest BCUT2D eigenvalue weighted by molar-refractivity contribution is 9.11. The van der Waals surface area contributed by atoms with Crippen molar-refractivity contribution in [3.05, 3.63) is 26.9 Å². The maximum atomic E-state index is 4.40. The fourth-order valence-corrected chi connectivity index (χ4v) is 3.06. The summed E-state index contributed by atoms with van der Waals surface area (Å²) in [5.74, 6) is 0.870. The quantitative estimate of drug-likeness (QED) is 0.893. The van der Waals surface area contributed by atoms with Gasteiger partial charge < -0.3 is 5.32 Å². The maximum Gasteiger partial charge on any atom is 0.0684 e. The Morgan fingerprint density at radius 1 is 1.50 bits per heavy atom. The van der Waals surface area contributed by atoms with E-state index in [1.807, 2.05) is 12.3 Å². The van der Waals surface area contributed by atoms with Gasteiger partial charge in [0.25, 0.3) is 0 Å². The first-order chi connectivity index (χ1) is 7.66. The minimum absolute atomic E-state index is 0.603. The zero-order chi connectivity index (χ0) is 11.5. The lowest BCUT2D eigenvalue weighted by Crippen LogP contribution is -2.36. The number of nitrogens with zero attached hydrogens (tertiary/aromatic N) is 1. The van der Waals surface area contributed by atoms with Gasteiger partial charge in [-0.25, -0.2) is 0 Å². The molecule has 88 valence electrons. The highest BCUT2D eigenvalue weighted by atomic mass is 79.9. The first-order valence-electron chi connectivity index (χ1n) is 5.70. The van der Waals surface area contributed by atoms with Crippen molar-refractivity contribution in [2.45, 2.75) is 38.8 Å². The predicted octanol–water partition coefficient (Wildman–Crippen LogP) is 3.88. The normalized spacial score (nSPS) is 18.2. The zero-order valence-electron chi connectivity index (χ0n) is 9.34. The van der Waals surface area contributed by atoms with Crippen molar-refractivity contribution in [1.82, 2.24) is 10.3 Å². The topological polar surface area (TPSA) is 24.9 Å². The van der Waals surface area contributed by atoms with E-state index >= 15 is 0 Å². The molecule has 1 unspecified atom stereocenters. The molecule has 0 aliphatic heterocycles. The number of hydrogen-bond donors (Lipinski definition) is 1. The molecule has 1 fully saturated rings. The molecule has 2 nitrogen and oxygen atoms in total. The van der Waals surface area contributed by atoms with E-state index in [1.54, 1.807) is 0 Å². The van der Waals surface area contributed by atoms with Crippen LogP contribution in [0.1, 0.15) is 31.9 Å². The summed E-state index contributed by atoms with van der Waals surface area (Å²) < 4.78 is 2.07. The van der Waals surface area contributed by atoms with Gasteiger partial charge in [-0.1, -0.05) is 6.42 Å². The minimum atomic E-state index is 0.603. The summed E-state index contributed by atoms with van der Waals surface area (Å²) in [6.07, 6.45) is 6.00. The van der Waals surface area contributed by atoms with Crippen LogP contribution in [-0.2, 0) is 6.54 Å². The molecular formula is C12H16Br2N2. The Hall–Kier alpha value is 0.0700. The second-order valence-electron chi connectivity index (χ2n) is 4.44. The van der Waals surface area contributed by atoms with E-state index < -0.39 is 0 Å². The largest absolute Gasteiger partial charge is 0.308 e. The Kier molecular flexibility index (Phi) is 4.39. The summed E-state index contributed by atoms with van der Waals surface area (Å²) in [4.78, 5) is 4.40. The van der Waals surface area contributed by atoms with Crippen LogP contribution in [-0.4, -0.2) is 11.0 Å². The van der Waals surface area contributed by atoms with Crippen molar-refractivity contribution in [1.29, 1.82) is 0 Å². The molecule has 4 heteroatoms. The van der Waals surface area contributed by atoms with Crippen LogP contribution < -0.4 is 5.32 Å². The van der Waals surface area contributed by atoms with E-state index in [1.165, 1.54) is 19.3 Å². The molecule has 1 atom stereocenters. The van der Waals surface area contributed by atoms with Gasteiger partial charge in [-0.05, 0) is 63.6 Å². The van der Waals surface area contributed by atoms with Gasteiger partial charge in [0.2, 0.25) is 0 Å². The molecule has 1 saturated carbocycles. The van der Waals surface area contributed by atoms with Crippen LogP contribution in [0, 0.1) is 5.92 Å². The molecule has 0 bridgehead atoms. The molecule has 0 spiro atoms. The van der Waals surface area contributed by atoms with Crippen molar-refractivity contribution >= 4 is 31.9 Å². The second kappa shape index (κ2) is 5.61. The maximum absolute atomic E-state index is 4.40. The molecule has 2 rings (SSSR count). The standard InChI is InChI=1S/C12H16Br2N2/c1-8(9-3-2-4-9)15-7-12-11(14)5-10(13)6-16-12/h5-6,8-9,15H,2-4,7H2,1H3. The fraction of sp³-hybridized carbons (Fsp3) is 0.583. The third kappa shape index (κ3) is 3.05. The van der Waals surface area contributed by atoms with Crippen LogP contribution in [0.15, 0.2) is 21.2 Å². The van der Waals surface area contributed by atoms with Crippen LogP contribution in [0.3, 0.4) is 0 Å². The summed E-state index contributed by atoms with van der Waals surface area (Å²) in [7, 11) is 0. The molecule has 16 heavy (non-hydrogen) atoms. The Bertz CT molecular complexity index is 364. The highest BCUT2D eigenvalue weighted by Crippen LogP contribution is 2.29. The molecule has 1 aromatic rings. The molecule has 1 aliphatic rings. The molecule has 0 radical (unpaired) electrons. The molecule has 1 N–H and O–H groups in total. The van der Waals surface area contributed by atoms with E-state index in [0.29, 0.717) is 6.04 Å². The number of pyridine rings is 1. The van der Waals surface area contributed by atoms with E-state index in [2.05, 4.69) is 49.1 Å². The van der Waals surface area contributed by atoms with Gasteiger partial charge in [-0.2, -0.15) is 0 Å². The summed E-state index contributed by atoms with van der Waals surface area (Å²) in [6.45, 7) is 3.11. The fourth-order valence-electron chi connectivity index (χ4n) is 1.94. The van der Waals surface area contributed by atoms with Gasteiger partial charge in [0.05, 0.1) is 5.69 Å². The smallest absolute Gasteiger partial charge is 0.0684 e. The van der Waals surface area contributed by atoms with Gasteiger partial charge in [-0.15, -0.1) is 0 Å². The third-order valence-electron chi connectivity index (χ3n) is 3.33. The number of aromatic nitrogens is 1. The molecule has 1 aromatic heterocycles. The average molecular weight is 348 g/mol. The first kappa shape index (κ1) is 12.5. The van der Waals surface area contributed by atoms with Crippen molar-refractivity contribution in [2.24, 2.45) is 5.92 Å². The Morgan fingerprint density at radius 2 is 2.25 bits per heavy atom. The second-order valence-corrected chi connectivity index (χ2v) is 6.21. The Balaban J connectivity index is 1.88. The van der Waals surface area contributed by atoms with E-state index in [9.17, 15) is 0 Å². The Labute approximate surface area is 113 Å². The number of rotatable bonds is 4. The van der Waals surface area contributed by atoms with Crippen molar-refractivity contribution in [3.8, 4) is 0 Å². The monoisotopic (exact) mass is 346 g/mol. The Morgan fingerprint density at radius 3 is 2.81 bits per heavy atom. The first-order valence-corrected chi connectivity index (χ1v) is 7.28. The minimum Gasteiger partial charge on any atom is -0.308 e. The number of halogens is 2. The van der Waals surface area contributed by atoms with Gasteiger partial charge in [0.1, 0.15) is 0 Å². The molecule has 0 amide bonds. The van der Waals surface area contributed by atoms with Crippen LogP contribution >= 0.6 is 31.9 Å². The van der Waals surface area contributed by atoms with E-state index in [-0.39, 0.29) is 0 Å². The van der Waals surface area contributed by atoms with Crippen molar-refractivity contribution in [3.63, 3.8) is 0 Å². The summed E-state index contributed by atoms with van der Waals surface area (Å²) in [5.41, 5.74) is 1.08.